The Balaban J connectivity index is 1.53. The van der Waals surface area contributed by atoms with Crippen molar-refractivity contribution in [2.75, 3.05) is 13.6 Å². The Morgan fingerprint density at radius 2 is 2.21 bits per heavy atom. The van der Waals surface area contributed by atoms with Crippen molar-refractivity contribution in [3.8, 4) is 0 Å². The van der Waals surface area contributed by atoms with Crippen LogP contribution >= 0.6 is 0 Å². The summed E-state index contributed by atoms with van der Waals surface area (Å²) >= 11 is 0. The van der Waals surface area contributed by atoms with Crippen molar-refractivity contribution in [2.45, 2.75) is 25.7 Å². The molecule has 1 aromatic carbocycles. The Bertz CT molecular complexity index is 854. The molecular weight excluding hydrogens is 304 g/mol. The molecule has 6 heteroatoms. The quantitative estimate of drug-likeness (QED) is 0.908. The molecule has 1 aliphatic carbocycles. The standard InChI is InChI=1S/C18H20N4O2/c1-22-14-7-4-9-18(14,10-8-15(22)23)11-19-17(24)16-12-5-2-3-6-13(12)20-21-16/h2-3,5-7H,4,8-11H2,1H3,(H,19,24)(H,20,21). The molecule has 1 unspecified atom stereocenters. The van der Waals surface area contributed by atoms with Crippen LogP contribution in [0.1, 0.15) is 36.2 Å². The lowest BCUT2D eigenvalue weighted by Crippen LogP contribution is -2.46. The van der Waals surface area contributed by atoms with Gasteiger partial charge in [-0.3, -0.25) is 14.7 Å². The maximum atomic E-state index is 12.6. The Kier molecular flexibility index (Phi) is 3.40. The van der Waals surface area contributed by atoms with Crippen LogP contribution in [0, 0.1) is 5.41 Å². The predicted octanol–water partition coefficient (Wildman–Crippen LogP) is 2.21. The van der Waals surface area contributed by atoms with E-state index in [-0.39, 0.29) is 17.2 Å². The molecule has 0 spiro atoms. The minimum absolute atomic E-state index is 0.121. The van der Waals surface area contributed by atoms with Crippen LogP contribution in [0.5, 0.6) is 0 Å². The van der Waals surface area contributed by atoms with Crippen molar-refractivity contribution < 1.29 is 9.59 Å². The van der Waals surface area contributed by atoms with Crippen LogP contribution in [0.2, 0.25) is 0 Å². The highest BCUT2D eigenvalue weighted by molar-refractivity contribution is 6.04. The molecule has 0 saturated carbocycles. The number of benzene rings is 1. The fourth-order valence-corrected chi connectivity index (χ4v) is 3.96. The van der Waals surface area contributed by atoms with Crippen molar-refractivity contribution >= 4 is 22.7 Å². The van der Waals surface area contributed by atoms with Gasteiger partial charge in [0.2, 0.25) is 5.91 Å². The number of hydrogen-bond acceptors (Lipinski definition) is 3. The fraction of sp³-hybridized carbons (Fsp3) is 0.389. The van der Waals surface area contributed by atoms with Gasteiger partial charge in [-0.2, -0.15) is 5.10 Å². The van der Waals surface area contributed by atoms with E-state index < -0.39 is 0 Å². The van der Waals surface area contributed by atoms with E-state index in [9.17, 15) is 9.59 Å². The molecule has 124 valence electrons. The number of likely N-dealkylation sites (tertiary alicyclic amines) is 1. The van der Waals surface area contributed by atoms with Gasteiger partial charge in [-0.15, -0.1) is 0 Å². The summed E-state index contributed by atoms with van der Waals surface area (Å²) in [5.74, 6) is -0.0176. The van der Waals surface area contributed by atoms with Crippen LogP contribution in [-0.2, 0) is 4.79 Å². The van der Waals surface area contributed by atoms with Crippen LogP contribution in [-0.4, -0.2) is 40.5 Å². The van der Waals surface area contributed by atoms with E-state index in [1.807, 2.05) is 31.3 Å². The Hall–Kier alpha value is -2.63. The zero-order valence-corrected chi connectivity index (χ0v) is 13.6. The minimum atomic E-state index is -0.173. The average molecular weight is 324 g/mol. The van der Waals surface area contributed by atoms with Gasteiger partial charge in [0, 0.05) is 36.5 Å². The average Bonchev–Trinajstić information content (AvgIpc) is 3.21. The number of carbonyl (C=O) groups excluding carboxylic acids is 2. The van der Waals surface area contributed by atoms with Crippen LogP contribution in [0.25, 0.3) is 10.9 Å². The summed E-state index contributed by atoms with van der Waals surface area (Å²) in [5.41, 5.74) is 2.21. The highest BCUT2D eigenvalue weighted by Crippen LogP contribution is 2.46. The van der Waals surface area contributed by atoms with Gasteiger partial charge in [-0.05, 0) is 25.3 Å². The molecule has 0 bridgehead atoms. The Morgan fingerprint density at radius 3 is 3.08 bits per heavy atom. The molecule has 1 atom stereocenters. The van der Waals surface area contributed by atoms with Gasteiger partial charge in [0.05, 0.1) is 5.52 Å². The molecule has 0 radical (unpaired) electrons. The first-order valence-electron chi connectivity index (χ1n) is 8.29. The summed E-state index contributed by atoms with van der Waals surface area (Å²) in [6.07, 6.45) is 5.39. The molecule has 1 fully saturated rings. The first-order chi connectivity index (χ1) is 11.6. The van der Waals surface area contributed by atoms with Crippen molar-refractivity contribution in [3.05, 3.63) is 41.7 Å². The zero-order chi connectivity index (χ0) is 16.7. The maximum absolute atomic E-state index is 12.6. The van der Waals surface area contributed by atoms with E-state index in [0.717, 1.165) is 35.9 Å². The van der Waals surface area contributed by atoms with Crippen LogP contribution in [0.4, 0.5) is 0 Å². The molecule has 2 aromatic rings. The first kappa shape index (κ1) is 14.9. The van der Waals surface area contributed by atoms with E-state index >= 15 is 0 Å². The molecule has 1 aromatic heterocycles. The number of allylic oxidation sites excluding steroid dienone is 1. The Morgan fingerprint density at radius 1 is 1.38 bits per heavy atom. The third-order valence-corrected chi connectivity index (χ3v) is 5.33. The predicted molar refractivity (Wildman–Crippen MR) is 90.2 cm³/mol. The Labute approximate surface area is 139 Å². The summed E-state index contributed by atoms with van der Waals surface area (Å²) in [7, 11) is 1.83. The molecule has 6 nitrogen and oxygen atoms in total. The van der Waals surface area contributed by atoms with E-state index in [2.05, 4.69) is 21.6 Å². The van der Waals surface area contributed by atoms with Gasteiger partial charge >= 0.3 is 0 Å². The second-order valence-corrected chi connectivity index (χ2v) is 6.66. The number of carbonyl (C=O) groups is 2. The van der Waals surface area contributed by atoms with Crippen molar-refractivity contribution in [1.29, 1.82) is 0 Å². The van der Waals surface area contributed by atoms with Crippen molar-refractivity contribution in [2.24, 2.45) is 5.41 Å². The number of piperidine rings is 1. The number of para-hydroxylation sites is 1. The van der Waals surface area contributed by atoms with E-state index in [0.29, 0.717) is 18.7 Å². The molecule has 1 aliphatic heterocycles. The molecule has 2 amide bonds. The summed E-state index contributed by atoms with van der Waals surface area (Å²) in [5, 5.41) is 10.9. The van der Waals surface area contributed by atoms with Gasteiger partial charge in [0.1, 0.15) is 0 Å². The fourth-order valence-electron chi connectivity index (χ4n) is 3.96. The molecule has 1 saturated heterocycles. The third kappa shape index (κ3) is 2.21. The monoisotopic (exact) mass is 324 g/mol. The van der Waals surface area contributed by atoms with Crippen LogP contribution in [0.3, 0.4) is 0 Å². The SMILES string of the molecule is CN1C(=O)CCC2(CNC(=O)c3n[nH]c4ccccc34)CCC=C12. The molecule has 2 aliphatic rings. The summed E-state index contributed by atoms with van der Waals surface area (Å²) in [6, 6.07) is 7.59. The number of aromatic nitrogens is 2. The summed E-state index contributed by atoms with van der Waals surface area (Å²) in [6.45, 7) is 0.538. The molecular formula is C18H20N4O2. The van der Waals surface area contributed by atoms with Gasteiger partial charge in [0.15, 0.2) is 5.69 Å². The molecule has 2 heterocycles. The number of aromatic amines is 1. The molecule has 4 rings (SSSR count). The number of nitrogens with one attached hydrogen (secondary N) is 2. The largest absolute Gasteiger partial charge is 0.350 e. The maximum Gasteiger partial charge on any atom is 0.272 e. The molecule has 2 N–H and O–H groups in total. The van der Waals surface area contributed by atoms with Crippen molar-refractivity contribution in [3.63, 3.8) is 0 Å². The lowest BCUT2D eigenvalue weighted by molar-refractivity contribution is -0.131. The van der Waals surface area contributed by atoms with Gasteiger partial charge in [0.25, 0.3) is 5.91 Å². The highest BCUT2D eigenvalue weighted by Gasteiger charge is 2.44. The topological polar surface area (TPSA) is 78.1 Å². The van der Waals surface area contributed by atoms with Gasteiger partial charge in [-0.25, -0.2) is 0 Å². The second kappa shape index (κ2) is 5.47. The summed E-state index contributed by atoms with van der Waals surface area (Å²) in [4.78, 5) is 26.3. The zero-order valence-electron chi connectivity index (χ0n) is 13.6. The van der Waals surface area contributed by atoms with E-state index in [1.54, 1.807) is 4.90 Å². The smallest absolute Gasteiger partial charge is 0.272 e. The molecule has 24 heavy (non-hydrogen) atoms. The number of rotatable bonds is 3. The number of amides is 2. The van der Waals surface area contributed by atoms with E-state index in [4.69, 9.17) is 0 Å². The lowest BCUT2D eigenvalue weighted by atomic mass is 9.77. The summed E-state index contributed by atoms with van der Waals surface area (Å²) < 4.78 is 0. The van der Waals surface area contributed by atoms with Crippen LogP contribution in [0.15, 0.2) is 36.0 Å². The van der Waals surface area contributed by atoms with E-state index in [1.165, 1.54) is 0 Å². The van der Waals surface area contributed by atoms with Crippen LogP contribution < -0.4 is 5.32 Å². The van der Waals surface area contributed by atoms with Crippen molar-refractivity contribution in [1.82, 2.24) is 20.4 Å². The third-order valence-electron chi connectivity index (χ3n) is 5.33. The lowest BCUT2D eigenvalue weighted by Gasteiger charge is -2.41. The first-order valence-corrected chi connectivity index (χ1v) is 8.29. The number of fused-ring (bicyclic) bond motifs is 2. The second-order valence-electron chi connectivity index (χ2n) is 6.66. The van der Waals surface area contributed by atoms with Gasteiger partial charge < -0.3 is 10.2 Å². The van der Waals surface area contributed by atoms with Gasteiger partial charge in [-0.1, -0.05) is 24.3 Å². The highest BCUT2D eigenvalue weighted by atomic mass is 16.2. The number of nitrogens with zero attached hydrogens (tertiary/aromatic N) is 2. The number of hydrogen-bond donors (Lipinski definition) is 2. The normalized spacial score (nSPS) is 23.3. The minimum Gasteiger partial charge on any atom is -0.350 e. The number of H-pyrrole nitrogens is 1.